The summed E-state index contributed by atoms with van der Waals surface area (Å²) in [5.41, 5.74) is 7.12. The standard InChI is InChI=1S/C13H23N3O2S/c1-9(2)10(3)15-13-7-6-11(8-12(13)14)19(17,18)16(4)5/h6-10,15H,14H2,1-5H3. The van der Waals surface area contributed by atoms with E-state index in [0.717, 1.165) is 5.69 Å². The van der Waals surface area contributed by atoms with E-state index in [0.29, 0.717) is 11.6 Å². The summed E-state index contributed by atoms with van der Waals surface area (Å²) in [6.07, 6.45) is 0. The van der Waals surface area contributed by atoms with Crippen molar-refractivity contribution < 1.29 is 8.42 Å². The van der Waals surface area contributed by atoms with Crippen LogP contribution in [0.1, 0.15) is 20.8 Å². The highest BCUT2D eigenvalue weighted by Gasteiger charge is 2.18. The topological polar surface area (TPSA) is 75.4 Å². The highest BCUT2D eigenvalue weighted by Crippen LogP contribution is 2.25. The molecule has 108 valence electrons. The molecule has 0 fully saturated rings. The maximum Gasteiger partial charge on any atom is 0.242 e. The zero-order chi connectivity index (χ0) is 14.8. The molecule has 0 radical (unpaired) electrons. The molecule has 1 unspecified atom stereocenters. The summed E-state index contributed by atoms with van der Waals surface area (Å²) in [5.74, 6) is 0.463. The second-order valence-electron chi connectivity index (χ2n) is 5.21. The van der Waals surface area contributed by atoms with Crippen LogP contribution in [0.25, 0.3) is 0 Å². The van der Waals surface area contributed by atoms with Crippen LogP contribution in [-0.4, -0.2) is 32.9 Å². The van der Waals surface area contributed by atoms with E-state index >= 15 is 0 Å². The van der Waals surface area contributed by atoms with Gasteiger partial charge in [0.1, 0.15) is 0 Å². The Kier molecular flexibility index (Phi) is 4.81. The third kappa shape index (κ3) is 3.61. The van der Waals surface area contributed by atoms with Gasteiger partial charge in [0.25, 0.3) is 0 Å². The van der Waals surface area contributed by atoms with Crippen LogP contribution in [0.15, 0.2) is 23.1 Å². The van der Waals surface area contributed by atoms with E-state index in [1.165, 1.54) is 24.5 Å². The lowest BCUT2D eigenvalue weighted by atomic mass is 10.1. The normalized spacial score (nSPS) is 13.8. The molecule has 0 amide bonds. The molecule has 0 saturated heterocycles. The van der Waals surface area contributed by atoms with E-state index in [1.54, 1.807) is 12.1 Å². The fourth-order valence-electron chi connectivity index (χ4n) is 1.46. The number of nitrogen functional groups attached to an aromatic ring is 1. The Labute approximate surface area is 115 Å². The van der Waals surface area contributed by atoms with Crippen LogP contribution in [0.3, 0.4) is 0 Å². The molecule has 1 rings (SSSR count). The molecule has 0 saturated carbocycles. The van der Waals surface area contributed by atoms with Crippen molar-refractivity contribution in [3.05, 3.63) is 18.2 Å². The monoisotopic (exact) mass is 285 g/mol. The van der Waals surface area contributed by atoms with Gasteiger partial charge in [0.2, 0.25) is 10.0 Å². The minimum atomic E-state index is -3.44. The Balaban J connectivity index is 3.05. The van der Waals surface area contributed by atoms with E-state index in [-0.39, 0.29) is 10.9 Å². The van der Waals surface area contributed by atoms with Crippen LogP contribution in [-0.2, 0) is 10.0 Å². The number of hydrogen-bond acceptors (Lipinski definition) is 4. The smallest absolute Gasteiger partial charge is 0.242 e. The number of nitrogens with zero attached hydrogens (tertiary/aromatic N) is 1. The third-order valence-electron chi connectivity index (χ3n) is 3.18. The van der Waals surface area contributed by atoms with Gasteiger partial charge < -0.3 is 11.1 Å². The second-order valence-corrected chi connectivity index (χ2v) is 7.37. The number of nitrogens with one attached hydrogen (secondary N) is 1. The lowest BCUT2D eigenvalue weighted by Crippen LogP contribution is -2.23. The summed E-state index contributed by atoms with van der Waals surface area (Å²) in [6.45, 7) is 6.28. The van der Waals surface area contributed by atoms with E-state index in [9.17, 15) is 8.42 Å². The van der Waals surface area contributed by atoms with Gasteiger partial charge in [-0.3, -0.25) is 0 Å². The highest BCUT2D eigenvalue weighted by atomic mass is 32.2. The van der Waals surface area contributed by atoms with Crippen molar-refractivity contribution in [2.24, 2.45) is 5.92 Å². The molecule has 0 bridgehead atoms. The summed E-state index contributed by atoms with van der Waals surface area (Å²) in [7, 11) is -0.438. The molecule has 0 aliphatic rings. The Morgan fingerprint density at radius 2 is 1.79 bits per heavy atom. The third-order valence-corrected chi connectivity index (χ3v) is 5.00. The van der Waals surface area contributed by atoms with E-state index in [2.05, 4.69) is 26.1 Å². The molecule has 5 nitrogen and oxygen atoms in total. The number of nitrogens with two attached hydrogens (primary N) is 1. The Hall–Kier alpha value is -1.27. The summed E-state index contributed by atoms with van der Waals surface area (Å²) in [6, 6.07) is 5.04. The highest BCUT2D eigenvalue weighted by molar-refractivity contribution is 7.89. The summed E-state index contributed by atoms with van der Waals surface area (Å²) < 4.78 is 25.1. The van der Waals surface area contributed by atoms with Gasteiger partial charge in [0, 0.05) is 20.1 Å². The van der Waals surface area contributed by atoms with Crippen LogP contribution < -0.4 is 11.1 Å². The van der Waals surface area contributed by atoms with Gasteiger partial charge in [-0.2, -0.15) is 0 Å². The van der Waals surface area contributed by atoms with Gasteiger partial charge in [0.05, 0.1) is 16.3 Å². The fourth-order valence-corrected chi connectivity index (χ4v) is 2.39. The van der Waals surface area contributed by atoms with Crippen molar-refractivity contribution in [3.63, 3.8) is 0 Å². The van der Waals surface area contributed by atoms with Crippen molar-refractivity contribution in [1.29, 1.82) is 0 Å². The van der Waals surface area contributed by atoms with Gasteiger partial charge >= 0.3 is 0 Å². The number of hydrogen-bond donors (Lipinski definition) is 2. The molecule has 0 heterocycles. The van der Waals surface area contributed by atoms with Gasteiger partial charge in [-0.1, -0.05) is 13.8 Å². The minimum Gasteiger partial charge on any atom is -0.397 e. The molecule has 0 aromatic heterocycles. The lowest BCUT2D eigenvalue weighted by molar-refractivity contribution is 0.521. The average molecular weight is 285 g/mol. The van der Waals surface area contributed by atoms with E-state index in [4.69, 9.17) is 5.73 Å². The Morgan fingerprint density at radius 1 is 1.21 bits per heavy atom. The average Bonchev–Trinajstić information content (AvgIpc) is 2.30. The Bertz CT molecular complexity index is 539. The molecule has 3 N–H and O–H groups in total. The predicted octanol–water partition coefficient (Wildman–Crippen LogP) is 1.98. The molecule has 0 aliphatic heterocycles. The largest absolute Gasteiger partial charge is 0.397 e. The van der Waals surface area contributed by atoms with Crippen molar-refractivity contribution in [3.8, 4) is 0 Å². The zero-order valence-electron chi connectivity index (χ0n) is 12.1. The maximum atomic E-state index is 12.0. The van der Waals surface area contributed by atoms with Crippen molar-refractivity contribution in [2.75, 3.05) is 25.1 Å². The predicted molar refractivity (Wildman–Crippen MR) is 79.6 cm³/mol. The van der Waals surface area contributed by atoms with Crippen LogP contribution in [0.4, 0.5) is 11.4 Å². The first-order valence-electron chi connectivity index (χ1n) is 6.25. The van der Waals surface area contributed by atoms with Gasteiger partial charge in [0.15, 0.2) is 0 Å². The van der Waals surface area contributed by atoms with Crippen molar-refractivity contribution >= 4 is 21.4 Å². The lowest BCUT2D eigenvalue weighted by Gasteiger charge is -2.20. The van der Waals surface area contributed by atoms with Crippen LogP contribution in [0.5, 0.6) is 0 Å². The Morgan fingerprint density at radius 3 is 2.21 bits per heavy atom. The summed E-state index contributed by atoms with van der Waals surface area (Å²) in [5, 5.41) is 3.28. The fraction of sp³-hybridized carbons (Fsp3) is 0.538. The molecule has 1 atom stereocenters. The minimum absolute atomic E-state index is 0.206. The van der Waals surface area contributed by atoms with Gasteiger partial charge in [-0.25, -0.2) is 12.7 Å². The summed E-state index contributed by atoms with van der Waals surface area (Å²) in [4.78, 5) is 0.206. The first kappa shape index (κ1) is 15.8. The van der Waals surface area contributed by atoms with Crippen LogP contribution >= 0.6 is 0 Å². The molecule has 1 aromatic carbocycles. The van der Waals surface area contributed by atoms with Gasteiger partial charge in [-0.15, -0.1) is 0 Å². The number of sulfonamides is 1. The molecule has 0 aliphatic carbocycles. The first-order valence-corrected chi connectivity index (χ1v) is 7.69. The molecule has 0 spiro atoms. The van der Waals surface area contributed by atoms with Crippen LogP contribution in [0.2, 0.25) is 0 Å². The molecular weight excluding hydrogens is 262 g/mol. The summed E-state index contributed by atoms with van der Waals surface area (Å²) >= 11 is 0. The number of rotatable bonds is 5. The van der Waals surface area contributed by atoms with E-state index < -0.39 is 10.0 Å². The van der Waals surface area contributed by atoms with E-state index in [1.807, 2.05) is 0 Å². The maximum absolute atomic E-state index is 12.0. The number of benzene rings is 1. The van der Waals surface area contributed by atoms with Crippen molar-refractivity contribution in [2.45, 2.75) is 31.7 Å². The van der Waals surface area contributed by atoms with Crippen LogP contribution in [0, 0.1) is 5.92 Å². The molecule has 6 heteroatoms. The molecule has 1 aromatic rings. The first-order chi connectivity index (χ1) is 8.66. The number of anilines is 2. The van der Waals surface area contributed by atoms with Gasteiger partial charge in [-0.05, 0) is 31.0 Å². The second kappa shape index (κ2) is 5.79. The zero-order valence-corrected chi connectivity index (χ0v) is 13.0. The molecular formula is C13H23N3O2S. The molecule has 19 heavy (non-hydrogen) atoms. The SMILES string of the molecule is CC(C)C(C)Nc1ccc(S(=O)(=O)N(C)C)cc1N. The quantitative estimate of drug-likeness (QED) is 0.811. The van der Waals surface area contributed by atoms with Crippen molar-refractivity contribution in [1.82, 2.24) is 4.31 Å².